The number of aliphatic hydroxyl groups is 1. The molecule has 2 N–H and O–H groups in total. The van der Waals surface area contributed by atoms with Crippen molar-refractivity contribution in [2.45, 2.75) is 26.4 Å². The number of nitrogens with one attached hydrogen (secondary N) is 1. The topological polar surface area (TPSA) is 58.0 Å². The fraction of sp³-hybridized carbons (Fsp3) is 0.600. The van der Waals surface area contributed by atoms with E-state index in [4.69, 9.17) is 11.6 Å². The van der Waals surface area contributed by atoms with Gasteiger partial charge in [-0.1, -0.05) is 25.4 Å². The molecule has 0 aliphatic heterocycles. The Hall–Kier alpha value is -0.390. The maximum Gasteiger partial charge on any atom is 0.148 e. The number of aliphatic hydroxyl groups excluding tert-OH is 1. The minimum atomic E-state index is -0.388. The van der Waals surface area contributed by atoms with Gasteiger partial charge in [-0.15, -0.1) is 0 Å². The van der Waals surface area contributed by atoms with Crippen LogP contribution in [0.5, 0.6) is 0 Å². The zero-order chi connectivity index (χ0) is 12.1. The van der Waals surface area contributed by atoms with Gasteiger partial charge in [0, 0.05) is 6.54 Å². The molecule has 0 bridgehead atoms. The van der Waals surface area contributed by atoms with E-state index in [1.807, 2.05) is 0 Å². The highest BCUT2D eigenvalue weighted by atomic mass is 79.9. The molecule has 0 fully saturated rings. The summed E-state index contributed by atoms with van der Waals surface area (Å²) in [6.07, 6.45) is 1.74. The van der Waals surface area contributed by atoms with Crippen LogP contribution in [-0.2, 0) is 0 Å². The summed E-state index contributed by atoms with van der Waals surface area (Å²) in [5, 5.41) is 13.1. The molecule has 1 heterocycles. The van der Waals surface area contributed by atoms with Crippen molar-refractivity contribution in [3.05, 3.63) is 16.0 Å². The quantitative estimate of drug-likeness (QED) is 0.821. The summed E-state index contributed by atoms with van der Waals surface area (Å²) in [5.41, 5.74) is 0. The minimum absolute atomic E-state index is 0.357. The molecule has 0 aromatic carbocycles. The Bertz CT molecular complexity index is 349. The summed E-state index contributed by atoms with van der Waals surface area (Å²) < 4.78 is 0.619. The third-order valence-electron chi connectivity index (χ3n) is 2.00. The van der Waals surface area contributed by atoms with Crippen LogP contribution in [0.4, 0.5) is 5.82 Å². The zero-order valence-electron chi connectivity index (χ0n) is 9.24. The van der Waals surface area contributed by atoms with Crippen LogP contribution in [0.1, 0.15) is 20.3 Å². The van der Waals surface area contributed by atoms with Crippen molar-refractivity contribution in [1.82, 2.24) is 9.97 Å². The van der Waals surface area contributed by atoms with Crippen molar-refractivity contribution < 1.29 is 5.11 Å². The fourth-order valence-corrected chi connectivity index (χ4v) is 1.79. The Morgan fingerprint density at radius 1 is 1.50 bits per heavy atom. The maximum atomic E-state index is 9.69. The van der Waals surface area contributed by atoms with Gasteiger partial charge in [0.25, 0.3) is 0 Å². The SMILES string of the molecule is CC(C)CC(O)CNc1ncnc(Cl)c1Br. The number of anilines is 1. The van der Waals surface area contributed by atoms with Gasteiger partial charge in [0.05, 0.1) is 10.6 Å². The molecule has 0 saturated carbocycles. The molecule has 0 aliphatic rings. The molecule has 6 heteroatoms. The second-order valence-electron chi connectivity index (χ2n) is 3.99. The zero-order valence-corrected chi connectivity index (χ0v) is 11.6. The molecular formula is C10H15BrClN3O. The predicted molar refractivity (Wildman–Crippen MR) is 68.7 cm³/mol. The average Bonchev–Trinajstić information content (AvgIpc) is 2.19. The second-order valence-corrected chi connectivity index (χ2v) is 5.14. The van der Waals surface area contributed by atoms with E-state index in [1.165, 1.54) is 6.33 Å². The number of hydrogen-bond acceptors (Lipinski definition) is 4. The van der Waals surface area contributed by atoms with Crippen LogP contribution in [0.15, 0.2) is 10.8 Å². The van der Waals surface area contributed by atoms with Gasteiger partial charge < -0.3 is 10.4 Å². The van der Waals surface area contributed by atoms with Crippen LogP contribution >= 0.6 is 27.5 Å². The van der Waals surface area contributed by atoms with Crippen LogP contribution in [0.3, 0.4) is 0 Å². The lowest BCUT2D eigenvalue weighted by molar-refractivity contribution is 0.161. The summed E-state index contributed by atoms with van der Waals surface area (Å²) >= 11 is 9.09. The van der Waals surface area contributed by atoms with Crippen LogP contribution in [0.2, 0.25) is 5.15 Å². The van der Waals surface area contributed by atoms with Gasteiger partial charge in [-0.2, -0.15) is 0 Å². The normalized spacial score (nSPS) is 12.9. The van der Waals surface area contributed by atoms with Crippen molar-refractivity contribution in [3.8, 4) is 0 Å². The molecule has 90 valence electrons. The second kappa shape index (κ2) is 6.37. The molecule has 1 aromatic rings. The third-order valence-corrected chi connectivity index (χ3v) is 3.26. The highest BCUT2D eigenvalue weighted by Gasteiger charge is 2.10. The molecule has 0 amide bonds. The summed E-state index contributed by atoms with van der Waals surface area (Å²) in [7, 11) is 0. The first-order valence-electron chi connectivity index (χ1n) is 5.08. The molecule has 1 unspecified atom stereocenters. The van der Waals surface area contributed by atoms with E-state index in [0.717, 1.165) is 6.42 Å². The smallest absolute Gasteiger partial charge is 0.148 e. The van der Waals surface area contributed by atoms with E-state index in [0.29, 0.717) is 27.9 Å². The van der Waals surface area contributed by atoms with Crippen LogP contribution in [0, 0.1) is 5.92 Å². The lowest BCUT2D eigenvalue weighted by Gasteiger charge is -2.14. The van der Waals surface area contributed by atoms with Gasteiger partial charge in [0.1, 0.15) is 17.3 Å². The van der Waals surface area contributed by atoms with Crippen LogP contribution in [0.25, 0.3) is 0 Å². The van der Waals surface area contributed by atoms with Crippen molar-refractivity contribution in [2.24, 2.45) is 5.92 Å². The van der Waals surface area contributed by atoms with Crippen LogP contribution in [-0.4, -0.2) is 27.7 Å². The molecule has 1 aromatic heterocycles. The number of halogens is 2. The first kappa shape index (κ1) is 13.7. The van der Waals surface area contributed by atoms with Crippen molar-refractivity contribution in [3.63, 3.8) is 0 Å². The van der Waals surface area contributed by atoms with E-state index in [1.54, 1.807) is 0 Å². The first-order valence-corrected chi connectivity index (χ1v) is 6.25. The largest absolute Gasteiger partial charge is 0.391 e. The Morgan fingerprint density at radius 2 is 2.19 bits per heavy atom. The summed E-state index contributed by atoms with van der Waals surface area (Å²) in [4.78, 5) is 7.85. The fourth-order valence-electron chi connectivity index (χ4n) is 1.31. The van der Waals surface area contributed by atoms with Gasteiger partial charge >= 0.3 is 0 Å². The van der Waals surface area contributed by atoms with Gasteiger partial charge in [-0.25, -0.2) is 9.97 Å². The average molecular weight is 309 g/mol. The van der Waals surface area contributed by atoms with Crippen molar-refractivity contribution in [1.29, 1.82) is 0 Å². The summed E-state index contributed by atoms with van der Waals surface area (Å²) in [6, 6.07) is 0. The summed E-state index contributed by atoms with van der Waals surface area (Å²) in [5.74, 6) is 1.07. The minimum Gasteiger partial charge on any atom is -0.391 e. The van der Waals surface area contributed by atoms with E-state index in [2.05, 4.69) is 45.1 Å². The summed E-state index contributed by atoms with van der Waals surface area (Å²) in [6.45, 7) is 4.59. The van der Waals surface area contributed by atoms with E-state index >= 15 is 0 Å². The molecule has 0 aliphatic carbocycles. The van der Waals surface area contributed by atoms with Gasteiger partial charge in [0.2, 0.25) is 0 Å². The Balaban J connectivity index is 2.51. The highest BCUT2D eigenvalue weighted by Crippen LogP contribution is 2.25. The van der Waals surface area contributed by atoms with Gasteiger partial charge in [-0.3, -0.25) is 0 Å². The standard InChI is InChI=1S/C10H15BrClN3O/c1-6(2)3-7(16)4-13-10-8(11)9(12)14-5-15-10/h5-7,16H,3-4H2,1-2H3,(H,13,14,15). The number of aromatic nitrogens is 2. The predicted octanol–water partition coefficient (Wildman–Crippen LogP) is 2.71. The van der Waals surface area contributed by atoms with Gasteiger partial charge in [-0.05, 0) is 28.3 Å². The van der Waals surface area contributed by atoms with Gasteiger partial charge in [0.15, 0.2) is 0 Å². The lowest BCUT2D eigenvalue weighted by atomic mass is 10.1. The van der Waals surface area contributed by atoms with Crippen molar-refractivity contribution in [2.75, 3.05) is 11.9 Å². The molecule has 0 radical (unpaired) electrons. The first-order chi connectivity index (χ1) is 7.50. The van der Waals surface area contributed by atoms with Crippen LogP contribution < -0.4 is 5.32 Å². The number of nitrogens with zero attached hydrogens (tertiary/aromatic N) is 2. The lowest BCUT2D eigenvalue weighted by Crippen LogP contribution is -2.21. The molecule has 16 heavy (non-hydrogen) atoms. The van der Waals surface area contributed by atoms with E-state index < -0.39 is 0 Å². The Kier molecular flexibility index (Phi) is 5.44. The molecular weight excluding hydrogens is 293 g/mol. The van der Waals surface area contributed by atoms with E-state index in [-0.39, 0.29) is 6.10 Å². The van der Waals surface area contributed by atoms with E-state index in [9.17, 15) is 5.11 Å². The Morgan fingerprint density at radius 3 is 2.81 bits per heavy atom. The maximum absolute atomic E-state index is 9.69. The number of rotatable bonds is 5. The molecule has 0 spiro atoms. The molecule has 0 saturated heterocycles. The van der Waals surface area contributed by atoms with Crippen molar-refractivity contribution >= 4 is 33.3 Å². The molecule has 1 rings (SSSR count). The Labute approximate surface area is 109 Å². The highest BCUT2D eigenvalue weighted by molar-refractivity contribution is 9.10. The molecule has 1 atom stereocenters. The third kappa shape index (κ3) is 4.23. The number of hydrogen-bond donors (Lipinski definition) is 2. The monoisotopic (exact) mass is 307 g/mol. The molecule has 4 nitrogen and oxygen atoms in total.